The Morgan fingerprint density at radius 2 is 1.91 bits per heavy atom. The van der Waals surface area contributed by atoms with Gasteiger partial charge < -0.3 is 19.5 Å². The lowest BCUT2D eigenvalue weighted by atomic mass is 9.97. The Kier molecular flexibility index (Phi) is 5.41. The van der Waals surface area contributed by atoms with Crippen LogP contribution in [0.15, 0.2) is 36.7 Å². The van der Waals surface area contributed by atoms with Crippen molar-refractivity contribution >= 4 is 33.8 Å². The van der Waals surface area contributed by atoms with Crippen LogP contribution in [0.3, 0.4) is 0 Å². The molecule has 0 spiro atoms. The molecule has 34 heavy (non-hydrogen) atoms. The molecule has 0 saturated carbocycles. The second-order valence-electron chi connectivity index (χ2n) is 9.23. The van der Waals surface area contributed by atoms with Crippen molar-refractivity contribution in [2.24, 2.45) is 5.92 Å². The fourth-order valence-electron chi connectivity index (χ4n) is 5.15. The molecule has 1 N–H and O–H groups in total. The van der Waals surface area contributed by atoms with E-state index in [9.17, 15) is 4.79 Å². The van der Waals surface area contributed by atoms with Crippen molar-refractivity contribution in [2.45, 2.75) is 26.3 Å². The molecule has 2 saturated heterocycles. The first-order valence-electron chi connectivity index (χ1n) is 12.1. The van der Waals surface area contributed by atoms with Crippen molar-refractivity contribution < 1.29 is 9.53 Å². The third kappa shape index (κ3) is 3.79. The Morgan fingerprint density at radius 3 is 2.71 bits per heavy atom. The van der Waals surface area contributed by atoms with Crippen LogP contribution in [0.4, 0.5) is 5.95 Å². The first kappa shape index (κ1) is 21.1. The van der Waals surface area contributed by atoms with Crippen LogP contribution in [0.5, 0.6) is 0 Å². The summed E-state index contributed by atoms with van der Waals surface area (Å²) in [6, 6.07) is 8.36. The normalized spacial score (nSPS) is 17.7. The molecule has 6 rings (SSSR count). The summed E-state index contributed by atoms with van der Waals surface area (Å²) in [6.45, 7) is 6.98. The standard InChI is InChI=1S/C25H29N7O2/c1-17(33)30-9-6-18(7-10-30)16-32-24-21(15-27-32)23(20-3-2-4-22-19(20)5-8-26-22)28-25(29-24)31-11-13-34-14-12-31/h2-5,8,15,18,26H,6-7,9-14,16H2,1H3. The summed E-state index contributed by atoms with van der Waals surface area (Å²) in [6.07, 6.45) is 5.84. The Morgan fingerprint density at radius 1 is 1.09 bits per heavy atom. The number of benzene rings is 1. The number of nitrogens with one attached hydrogen (secondary N) is 1. The Balaban J connectivity index is 1.41. The molecule has 0 aliphatic carbocycles. The van der Waals surface area contributed by atoms with Gasteiger partial charge in [-0.1, -0.05) is 12.1 Å². The minimum Gasteiger partial charge on any atom is -0.378 e. The van der Waals surface area contributed by atoms with E-state index < -0.39 is 0 Å². The van der Waals surface area contributed by atoms with E-state index in [1.54, 1.807) is 6.92 Å². The van der Waals surface area contributed by atoms with Gasteiger partial charge in [0.2, 0.25) is 11.9 Å². The van der Waals surface area contributed by atoms with Gasteiger partial charge in [-0.25, -0.2) is 9.67 Å². The Bertz CT molecular complexity index is 1330. The predicted octanol–water partition coefficient (Wildman–Crippen LogP) is 3.07. The Hall–Kier alpha value is -3.46. The average Bonchev–Trinajstić information content (AvgIpc) is 3.52. The molecule has 3 aromatic heterocycles. The lowest BCUT2D eigenvalue weighted by Crippen LogP contribution is -2.38. The van der Waals surface area contributed by atoms with Crippen molar-refractivity contribution in [3.05, 3.63) is 36.7 Å². The summed E-state index contributed by atoms with van der Waals surface area (Å²) in [5.74, 6) is 1.36. The van der Waals surface area contributed by atoms with Gasteiger partial charge in [-0.3, -0.25) is 4.79 Å². The van der Waals surface area contributed by atoms with Crippen molar-refractivity contribution in [1.82, 2.24) is 29.6 Å². The number of likely N-dealkylation sites (tertiary alicyclic amines) is 1. The molecule has 0 atom stereocenters. The fourth-order valence-corrected chi connectivity index (χ4v) is 5.15. The third-order valence-electron chi connectivity index (χ3n) is 7.12. The van der Waals surface area contributed by atoms with E-state index >= 15 is 0 Å². The number of nitrogens with zero attached hydrogens (tertiary/aromatic N) is 6. The molecular weight excluding hydrogens is 430 g/mol. The number of carbonyl (C=O) groups excluding carboxylic acids is 1. The van der Waals surface area contributed by atoms with Gasteiger partial charge >= 0.3 is 0 Å². The number of anilines is 1. The smallest absolute Gasteiger partial charge is 0.228 e. The highest BCUT2D eigenvalue weighted by Gasteiger charge is 2.24. The first-order valence-corrected chi connectivity index (χ1v) is 12.1. The van der Waals surface area contributed by atoms with E-state index in [-0.39, 0.29) is 5.91 Å². The molecule has 2 fully saturated rings. The number of hydrogen-bond donors (Lipinski definition) is 1. The van der Waals surface area contributed by atoms with Crippen molar-refractivity contribution in [2.75, 3.05) is 44.3 Å². The second kappa shape index (κ2) is 8.72. The quantitative estimate of drug-likeness (QED) is 0.504. The predicted molar refractivity (Wildman–Crippen MR) is 131 cm³/mol. The number of amides is 1. The van der Waals surface area contributed by atoms with Crippen molar-refractivity contribution in [1.29, 1.82) is 0 Å². The van der Waals surface area contributed by atoms with Gasteiger partial charge in [-0.05, 0) is 30.9 Å². The lowest BCUT2D eigenvalue weighted by molar-refractivity contribution is -0.130. The summed E-state index contributed by atoms with van der Waals surface area (Å²) in [5.41, 5.74) is 3.94. The maximum absolute atomic E-state index is 11.7. The van der Waals surface area contributed by atoms with Gasteiger partial charge in [0.15, 0.2) is 5.65 Å². The van der Waals surface area contributed by atoms with Gasteiger partial charge in [-0.15, -0.1) is 0 Å². The fraction of sp³-hybridized carbons (Fsp3) is 0.440. The number of piperidine rings is 1. The molecule has 9 heteroatoms. The maximum atomic E-state index is 11.7. The summed E-state index contributed by atoms with van der Waals surface area (Å²) >= 11 is 0. The van der Waals surface area contributed by atoms with Crippen LogP contribution < -0.4 is 4.90 Å². The summed E-state index contributed by atoms with van der Waals surface area (Å²) < 4.78 is 7.60. The topological polar surface area (TPSA) is 92.2 Å². The van der Waals surface area contributed by atoms with E-state index in [1.807, 2.05) is 22.0 Å². The van der Waals surface area contributed by atoms with Crippen LogP contribution in [0.25, 0.3) is 33.2 Å². The summed E-state index contributed by atoms with van der Waals surface area (Å²) in [5, 5.41) is 6.87. The van der Waals surface area contributed by atoms with E-state index in [0.29, 0.717) is 19.1 Å². The molecule has 2 aliphatic rings. The third-order valence-corrected chi connectivity index (χ3v) is 7.12. The summed E-state index contributed by atoms with van der Waals surface area (Å²) in [4.78, 5) is 29.2. The van der Waals surface area contributed by atoms with Crippen molar-refractivity contribution in [3.8, 4) is 11.3 Å². The molecular formula is C25H29N7O2. The number of rotatable bonds is 4. The van der Waals surface area contributed by atoms with Gasteiger partial charge in [0, 0.05) is 62.3 Å². The maximum Gasteiger partial charge on any atom is 0.228 e. The molecule has 1 amide bonds. The highest BCUT2D eigenvalue weighted by molar-refractivity contribution is 6.01. The zero-order valence-corrected chi connectivity index (χ0v) is 19.4. The van der Waals surface area contributed by atoms with Crippen LogP contribution in [-0.4, -0.2) is 74.9 Å². The molecule has 0 bridgehead atoms. The first-order chi connectivity index (χ1) is 16.7. The number of hydrogen-bond acceptors (Lipinski definition) is 6. The molecule has 1 aromatic carbocycles. The molecule has 0 radical (unpaired) electrons. The molecule has 0 unspecified atom stereocenters. The van der Waals surface area contributed by atoms with Crippen LogP contribution >= 0.6 is 0 Å². The van der Waals surface area contributed by atoms with Gasteiger partial charge in [0.25, 0.3) is 0 Å². The molecule has 176 valence electrons. The van der Waals surface area contributed by atoms with E-state index in [4.69, 9.17) is 19.8 Å². The molecule has 9 nitrogen and oxygen atoms in total. The minimum atomic E-state index is 0.162. The zero-order valence-electron chi connectivity index (χ0n) is 19.4. The number of aromatic nitrogens is 5. The SMILES string of the molecule is CC(=O)N1CCC(Cn2ncc3c(-c4cccc5[nH]ccc45)nc(N4CCOCC4)nc32)CC1. The van der Waals surface area contributed by atoms with Gasteiger partial charge in [0.1, 0.15) is 0 Å². The highest BCUT2D eigenvalue weighted by atomic mass is 16.5. The largest absolute Gasteiger partial charge is 0.378 e. The second-order valence-corrected chi connectivity index (χ2v) is 9.23. The van der Waals surface area contributed by atoms with Crippen molar-refractivity contribution in [3.63, 3.8) is 0 Å². The van der Waals surface area contributed by atoms with E-state index in [0.717, 1.165) is 84.7 Å². The van der Waals surface area contributed by atoms with Crippen LogP contribution in [-0.2, 0) is 16.1 Å². The monoisotopic (exact) mass is 459 g/mol. The highest BCUT2D eigenvalue weighted by Crippen LogP contribution is 2.34. The molecule has 4 aromatic rings. The number of morpholine rings is 1. The van der Waals surface area contributed by atoms with Crippen LogP contribution in [0, 0.1) is 5.92 Å². The molecule has 5 heterocycles. The zero-order chi connectivity index (χ0) is 23.1. The number of aromatic amines is 1. The van der Waals surface area contributed by atoms with Crippen LogP contribution in [0.1, 0.15) is 19.8 Å². The van der Waals surface area contributed by atoms with E-state index in [1.165, 1.54) is 0 Å². The van der Waals surface area contributed by atoms with Gasteiger partial charge in [0.05, 0.1) is 30.5 Å². The molecule has 2 aliphatic heterocycles. The average molecular weight is 460 g/mol. The summed E-state index contributed by atoms with van der Waals surface area (Å²) in [7, 11) is 0. The lowest BCUT2D eigenvalue weighted by Gasteiger charge is -2.31. The number of ether oxygens (including phenoxy) is 1. The van der Waals surface area contributed by atoms with Crippen LogP contribution in [0.2, 0.25) is 0 Å². The number of fused-ring (bicyclic) bond motifs is 2. The Labute approximate surface area is 197 Å². The minimum absolute atomic E-state index is 0.162. The van der Waals surface area contributed by atoms with Gasteiger partial charge in [-0.2, -0.15) is 10.1 Å². The number of H-pyrrole nitrogens is 1. The number of carbonyl (C=O) groups is 1. The van der Waals surface area contributed by atoms with E-state index in [2.05, 4.69) is 34.1 Å².